The summed E-state index contributed by atoms with van der Waals surface area (Å²) in [4.78, 5) is 2.55. The summed E-state index contributed by atoms with van der Waals surface area (Å²) in [7, 11) is 0. The lowest BCUT2D eigenvalue weighted by Crippen LogP contribution is -2.28. The van der Waals surface area contributed by atoms with E-state index in [0.717, 1.165) is 13.1 Å². The number of para-hydroxylation sites is 1. The molecule has 2 nitrogen and oxygen atoms in total. The van der Waals surface area contributed by atoms with Gasteiger partial charge in [-0.25, -0.2) is 0 Å². The summed E-state index contributed by atoms with van der Waals surface area (Å²) < 4.78 is 0. The van der Waals surface area contributed by atoms with Gasteiger partial charge >= 0.3 is 0 Å². The molecule has 1 N–H and O–H groups in total. The van der Waals surface area contributed by atoms with Gasteiger partial charge in [-0.1, -0.05) is 30.3 Å². The van der Waals surface area contributed by atoms with Gasteiger partial charge in [0.15, 0.2) is 0 Å². The van der Waals surface area contributed by atoms with Crippen LogP contribution in [0.3, 0.4) is 0 Å². The van der Waals surface area contributed by atoms with Crippen molar-refractivity contribution in [1.82, 2.24) is 0 Å². The zero-order valence-electron chi connectivity index (χ0n) is 12.6. The molecule has 0 saturated heterocycles. The second-order valence-corrected chi connectivity index (χ2v) is 6.33. The standard InChI is InChI=1S/C19H22N2/c1-14-11-17-5-2-3-7-19(17)21(14)13-15-8-9-18-16(12-15)6-4-10-20-18/h2-3,5,7-9,12,14,20H,4,6,10-11,13H2,1H3. The number of hydrogen-bond acceptors (Lipinski definition) is 2. The molecule has 0 spiro atoms. The molecule has 0 bridgehead atoms. The topological polar surface area (TPSA) is 15.3 Å². The van der Waals surface area contributed by atoms with Crippen LogP contribution < -0.4 is 10.2 Å². The average molecular weight is 278 g/mol. The van der Waals surface area contributed by atoms with E-state index in [4.69, 9.17) is 0 Å². The lowest BCUT2D eigenvalue weighted by atomic mass is 10.0. The van der Waals surface area contributed by atoms with Crippen LogP contribution in [0.2, 0.25) is 0 Å². The normalized spacial score (nSPS) is 19.9. The van der Waals surface area contributed by atoms with Crippen LogP contribution in [-0.4, -0.2) is 12.6 Å². The number of nitrogens with one attached hydrogen (secondary N) is 1. The lowest BCUT2D eigenvalue weighted by Gasteiger charge is -2.26. The third-order valence-corrected chi connectivity index (χ3v) is 4.81. The highest BCUT2D eigenvalue weighted by Crippen LogP contribution is 2.33. The van der Waals surface area contributed by atoms with Crippen LogP contribution in [0.5, 0.6) is 0 Å². The molecule has 21 heavy (non-hydrogen) atoms. The van der Waals surface area contributed by atoms with Crippen molar-refractivity contribution in [2.45, 2.75) is 38.8 Å². The van der Waals surface area contributed by atoms with E-state index in [9.17, 15) is 0 Å². The SMILES string of the molecule is CC1Cc2ccccc2N1Cc1ccc2c(c1)CCCN2. The largest absolute Gasteiger partial charge is 0.385 e. The van der Waals surface area contributed by atoms with Gasteiger partial charge < -0.3 is 10.2 Å². The minimum atomic E-state index is 0.594. The Kier molecular flexibility index (Phi) is 3.10. The Hall–Kier alpha value is -1.96. The first kappa shape index (κ1) is 12.8. The Balaban J connectivity index is 1.61. The molecule has 0 aromatic heterocycles. The van der Waals surface area contributed by atoms with E-state index in [-0.39, 0.29) is 0 Å². The molecule has 1 unspecified atom stereocenters. The van der Waals surface area contributed by atoms with Crippen LogP contribution in [0.25, 0.3) is 0 Å². The van der Waals surface area contributed by atoms with Crippen molar-refractivity contribution in [3.63, 3.8) is 0 Å². The van der Waals surface area contributed by atoms with Crippen molar-refractivity contribution in [3.8, 4) is 0 Å². The zero-order valence-corrected chi connectivity index (χ0v) is 12.6. The van der Waals surface area contributed by atoms with Gasteiger partial charge in [-0.3, -0.25) is 0 Å². The first-order chi connectivity index (χ1) is 10.3. The third-order valence-electron chi connectivity index (χ3n) is 4.81. The number of nitrogens with zero attached hydrogens (tertiary/aromatic N) is 1. The van der Waals surface area contributed by atoms with Gasteiger partial charge in [0.2, 0.25) is 0 Å². The predicted molar refractivity (Wildman–Crippen MR) is 89.0 cm³/mol. The van der Waals surface area contributed by atoms with Gasteiger partial charge in [0.25, 0.3) is 0 Å². The molecule has 0 amide bonds. The summed E-state index contributed by atoms with van der Waals surface area (Å²) in [6.07, 6.45) is 3.63. The van der Waals surface area contributed by atoms with Crippen LogP contribution in [0.15, 0.2) is 42.5 Å². The van der Waals surface area contributed by atoms with Crippen LogP contribution in [-0.2, 0) is 19.4 Å². The molecule has 0 saturated carbocycles. The minimum Gasteiger partial charge on any atom is -0.385 e. The molecular weight excluding hydrogens is 256 g/mol. The number of aryl methyl sites for hydroxylation is 1. The van der Waals surface area contributed by atoms with Gasteiger partial charge in [0.05, 0.1) is 0 Å². The second kappa shape index (κ2) is 5.10. The Morgan fingerprint density at radius 3 is 3.00 bits per heavy atom. The Morgan fingerprint density at radius 2 is 2.05 bits per heavy atom. The molecule has 2 heterocycles. The highest BCUT2D eigenvalue weighted by atomic mass is 15.2. The predicted octanol–water partition coefficient (Wildman–Crippen LogP) is 4.00. The minimum absolute atomic E-state index is 0.594. The zero-order chi connectivity index (χ0) is 14.2. The third kappa shape index (κ3) is 2.29. The molecule has 2 heteroatoms. The van der Waals surface area contributed by atoms with Crippen LogP contribution in [0.1, 0.15) is 30.0 Å². The first-order valence-electron chi connectivity index (χ1n) is 8.01. The van der Waals surface area contributed by atoms with E-state index in [1.807, 2.05) is 0 Å². The number of anilines is 2. The maximum Gasteiger partial charge on any atom is 0.0432 e. The summed E-state index contributed by atoms with van der Waals surface area (Å²) in [6.45, 7) is 4.47. The molecular formula is C19H22N2. The van der Waals surface area contributed by atoms with E-state index in [0.29, 0.717) is 6.04 Å². The number of fused-ring (bicyclic) bond motifs is 2. The van der Waals surface area contributed by atoms with Gasteiger partial charge in [-0.05, 0) is 55.0 Å². The Labute approximate surface area is 126 Å². The van der Waals surface area contributed by atoms with E-state index in [1.165, 1.54) is 47.3 Å². The van der Waals surface area contributed by atoms with E-state index in [2.05, 4.69) is 59.6 Å². The molecule has 2 aromatic rings. The van der Waals surface area contributed by atoms with Crippen LogP contribution in [0.4, 0.5) is 11.4 Å². The maximum atomic E-state index is 3.49. The van der Waals surface area contributed by atoms with Crippen LogP contribution in [0, 0.1) is 0 Å². The molecule has 2 aliphatic heterocycles. The lowest BCUT2D eigenvalue weighted by molar-refractivity contribution is 0.671. The van der Waals surface area contributed by atoms with E-state index < -0.39 is 0 Å². The van der Waals surface area contributed by atoms with Crippen molar-refractivity contribution >= 4 is 11.4 Å². The van der Waals surface area contributed by atoms with E-state index in [1.54, 1.807) is 0 Å². The fourth-order valence-corrected chi connectivity index (χ4v) is 3.69. The highest BCUT2D eigenvalue weighted by Gasteiger charge is 2.25. The van der Waals surface area contributed by atoms with Gasteiger partial charge in [-0.2, -0.15) is 0 Å². The highest BCUT2D eigenvalue weighted by molar-refractivity contribution is 5.60. The summed E-state index contributed by atoms with van der Waals surface area (Å²) in [6, 6.07) is 16.4. The summed E-state index contributed by atoms with van der Waals surface area (Å²) >= 11 is 0. The molecule has 0 radical (unpaired) electrons. The fourth-order valence-electron chi connectivity index (χ4n) is 3.69. The fraction of sp³-hybridized carbons (Fsp3) is 0.368. The first-order valence-corrected chi connectivity index (χ1v) is 8.01. The number of hydrogen-bond donors (Lipinski definition) is 1. The smallest absolute Gasteiger partial charge is 0.0432 e. The van der Waals surface area contributed by atoms with Gasteiger partial charge in [0.1, 0.15) is 0 Å². The monoisotopic (exact) mass is 278 g/mol. The number of benzene rings is 2. The van der Waals surface area contributed by atoms with Crippen molar-refractivity contribution in [2.24, 2.45) is 0 Å². The van der Waals surface area contributed by atoms with Crippen molar-refractivity contribution in [3.05, 3.63) is 59.2 Å². The number of rotatable bonds is 2. The molecule has 4 rings (SSSR count). The Morgan fingerprint density at radius 1 is 1.14 bits per heavy atom. The maximum absolute atomic E-state index is 3.49. The molecule has 2 aliphatic rings. The summed E-state index contributed by atoms with van der Waals surface area (Å²) in [5.74, 6) is 0. The van der Waals surface area contributed by atoms with Crippen molar-refractivity contribution in [1.29, 1.82) is 0 Å². The van der Waals surface area contributed by atoms with Gasteiger partial charge in [-0.15, -0.1) is 0 Å². The molecule has 1 atom stereocenters. The average Bonchev–Trinajstić information content (AvgIpc) is 2.83. The molecule has 0 aliphatic carbocycles. The van der Waals surface area contributed by atoms with Crippen molar-refractivity contribution in [2.75, 3.05) is 16.8 Å². The molecule has 2 aromatic carbocycles. The quantitative estimate of drug-likeness (QED) is 0.893. The van der Waals surface area contributed by atoms with Crippen molar-refractivity contribution < 1.29 is 0 Å². The van der Waals surface area contributed by atoms with Crippen LogP contribution >= 0.6 is 0 Å². The van der Waals surface area contributed by atoms with Gasteiger partial charge in [0, 0.05) is 30.5 Å². The van der Waals surface area contributed by atoms with E-state index >= 15 is 0 Å². The summed E-state index contributed by atoms with van der Waals surface area (Å²) in [5, 5.41) is 3.49. The Bertz CT molecular complexity index is 662. The second-order valence-electron chi connectivity index (χ2n) is 6.33. The molecule has 0 fully saturated rings. The molecule has 108 valence electrons. The summed E-state index contributed by atoms with van der Waals surface area (Å²) in [5.41, 5.74) is 7.16.